The molecule has 0 saturated carbocycles. The highest BCUT2D eigenvalue weighted by atomic mass is 16.5. The first-order valence-corrected chi connectivity index (χ1v) is 10.2. The number of hydrogen-bond donors (Lipinski definition) is 1. The molecule has 32 heavy (non-hydrogen) atoms. The summed E-state index contributed by atoms with van der Waals surface area (Å²) in [6.45, 7) is 4.71. The number of hydrogen-bond acceptors (Lipinski definition) is 5. The molecule has 0 bridgehead atoms. The van der Waals surface area contributed by atoms with Crippen LogP contribution in [0, 0.1) is 0 Å². The fourth-order valence-electron chi connectivity index (χ4n) is 3.71. The van der Waals surface area contributed by atoms with Gasteiger partial charge in [-0.15, -0.1) is 0 Å². The molecule has 1 aliphatic rings. The van der Waals surface area contributed by atoms with E-state index < -0.39 is 0 Å². The number of fused-ring (bicyclic) bond motifs is 1. The fourth-order valence-corrected chi connectivity index (χ4v) is 3.71. The van der Waals surface area contributed by atoms with Gasteiger partial charge in [-0.25, -0.2) is 0 Å². The topological polar surface area (TPSA) is 80.8 Å². The summed E-state index contributed by atoms with van der Waals surface area (Å²) in [4.78, 5) is 28.7. The van der Waals surface area contributed by atoms with Crippen molar-refractivity contribution in [3.8, 4) is 17.2 Å². The lowest BCUT2D eigenvalue weighted by Gasteiger charge is -2.26. The van der Waals surface area contributed by atoms with E-state index in [0.29, 0.717) is 43.1 Å². The van der Waals surface area contributed by atoms with Crippen molar-refractivity contribution < 1.29 is 19.1 Å². The number of anilines is 1. The molecule has 3 aromatic rings. The summed E-state index contributed by atoms with van der Waals surface area (Å²) in [5.41, 5.74) is 3.50. The summed E-state index contributed by atoms with van der Waals surface area (Å²) in [5, 5.41) is 3.45. The lowest BCUT2D eigenvalue weighted by atomic mass is 9.96. The lowest BCUT2D eigenvalue weighted by molar-refractivity contribution is -0.125. The third kappa shape index (κ3) is 4.32. The Bertz CT molecular complexity index is 1200. The number of methoxy groups -OCH3 is 1. The predicted octanol–water partition coefficient (Wildman–Crippen LogP) is 4.41. The van der Waals surface area contributed by atoms with Crippen molar-refractivity contribution >= 4 is 34.5 Å². The van der Waals surface area contributed by atoms with Crippen molar-refractivity contribution in [1.82, 2.24) is 9.88 Å². The van der Waals surface area contributed by atoms with Crippen LogP contribution in [0.4, 0.5) is 5.69 Å². The standard InChI is InChI=1S/C25H23N3O4/c1-3-25(30)28-12-9-17(10-13-28)20-14-21-22(15-24(20)31-2)26-11-8-23(21)32-19-6-4-18(5-7-19)27-16-29/h3-9,11,14-16H,1,10,12-13H2,2H3,(H,27,29). The van der Waals surface area contributed by atoms with Gasteiger partial charge in [0.1, 0.15) is 17.2 Å². The Kier molecular flexibility index (Phi) is 6.17. The summed E-state index contributed by atoms with van der Waals surface area (Å²) in [7, 11) is 1.64. The molecular weight excluding hydrogens is 406 g/mol. The van der Waals surface area contributed by atoms with E-state index in [4.69, 9.17) is 9.47 Å². The molecule has 7 heteroatoms. The van der Waals surface area contributed by atoms with Gasteiger partial charge in [-0.3, -0.25) is 14.6 Å². The highest BCUT2D eigenvalue weighted by molar-refractivity contribution is 5.92. The van der Waals surface area contributed by atoms with Gasteiger partial charge >= 0.3 is 0 Å². The second kappa shape index (κ2) is 9.34. The maximum absolute atomic E-state index is 11.9. The Labute approximate surface area is 186 Å². The van der Waals surface area contributed by atoms with Gasteiger partial charge in [0.25, 0.3) is 0 Å². The molecule has 0 radical (unpaired) electrons. The monoisotopic (exact) mass is 429 g/mol. The number of ether oxygens (including phenoxy) is 2. The minimum atomic E-state index is -0.0694. The Morgan fingerprint density at radius 2 is 2.00 bits per heavy atom. The molecule has 1 N–H and O–H groups in total. The predicted molar refractivity (Wildman–Crippen MR) is 124 cm³/mol. The Morgan fingerprint density at radius 3 is 2.66 bits per heavy atom. The first-order chi connectivity index (χ1) is 15.6. The van der Waals surface area contributed by atoms with Crippen LogP contribution in [-0.4, -0.2) is 42.4 Å². The van der Waals surface area contributed by atoms with Crippen molar-refractivity contribution in [2.45, 2.75) is 6.42 Å². The van der Waals surface area contributed by atoms with E-state index in [1.165, 1.54) is 6.08 Å². The molecule has 2 amide bonds. The van der Waals surface area contributed by atoms with Crippen LogP contribution in [0.2, 0.25) is 0 Å². The summed E-state index contributed by atoms with van der Waals surface area (Å²) in [6.07, 6.45) is 6.42. The molecule has 162 valence electrons. The quantitative estimate of drug-likeness (QED) is 0.445. The molecule has 0 spiro atoms. The van der Waals surface area contributed by atoms with Crippen LogP contribution in [0.1, 0.15) is 12.0 Å². The van der Waals surface area contributed by atoms with Gasteiger partial charge in [-0.2, -0.15) is 0 Å². The zero-order chi connectivity index (χ0) is 22.5. The molecule has 0 saturated heterocycles. The van der Waals surface area contributed by atoms with Gasteiger partial charge < -0.3 is 19.7 Å². The summed E-state index contributed by atoms with van der Waals surface area (Å²) in [5.74, 6) is 1.96. The fraction of sp³-hybridized carbons (Fsp3) is 0.160. The molecule has 4 rings (SSSR count). The molecular formula is C25H23N3O4. The molecule has 1 aliphatic heterocycles. The number of pyridine rings is 1. The second-order valence-electron chi connectivity index (χ2n) is 7.24. The molecule has 0 atom stereocenters. The Morgan fingerprint density at radius 1 is 1.19 bits per heavy atom. The van der Waals surface area contributed by atoms with Gasteiger partial charge in [0.15, 0.2) is 0 Å². The SMILES string of the molecule is C=CC(=O)N1CC=C(c2cc3c(Oc4ccc(NC=O)cc4)ccnc3cc2OC)CC1. The Hall–Kier alpha value is -4.13. The maximum atomic E-state index is 11.9. The Balaban J connectivity index is 1.69. The van der Waals surface area contributed by atoms with Crippen LogP contribution in [-0.2, 0) is 9.59 Å². The molecule has 0 fully saturated rings. The van der Waals surface area contributed by atoms with Gasteiger partial charge in [0, 0.05) is 42.0 Å². The van der Waals surface area contributed by atoms with Crippen LogP contribution >= 0.6 is 0 Å². The summed E-state index contributed by atoms with van der Waals surface area (Å²) < 4.78 is 11.8. The largest absolute Gasteiger partial charge is 0.496 e. The molecule has 1 aromatic heterocycles. The van der Waals surface area contributed by atoms with Crippen molar-refractivity contribution in [2.75, 3.05) is 25.5 Å². The summed E-state index contributed by atoms with van der Waals surface area (Å²) in [6, 6.07) is 12.9. The molecule has 2 heterocycles. The van der Waals surface area contributed by atoms with Gasteiger partial charge in [-0.05, 0) is 54.5 Å². The number of nitrogens with one attached hydrogen (secondary N) is 1. The van der Waals surface area contributed by atoms with E-state index in [-0.39, 0.29) is 5.91 Å². The normalized spacial score (nSPS) is 13.3. The first-order valence-electron chi connectivity index (χ1n) is 10.2. The first kappa shape index (κ1) is 21.1. The van der Waals surface area contributed by atoms with E-state index in [2.05, 4.69) is 16.9 Å². The number of aromatic nitrogens is 1. The zero-order valence-corrected chi connectivity index (χ0v) is 17.7. The van der Waals surface area contributed by atoms with Crippen molar-refractivity contribution in [1.29, 1.82) is 0 Å². The maximum Gasteiger partial charge on any atom is 0.246 e. The van der Waals surface area contributed by atoms with Gasteiger partial charge in [0.05, 0.1) is 12.6 Å². The molecule has 0 aliphatic carbocycles. The average molecular weight is 429 g/mol. The minimum Gasteiger partial charge on any atom is -0.496 e. The van der Waals surface area contributed by atoms with Gasteiger partial charge in [0.2, 0.25) is 12.3 Å². The number of carbonyl (C=O) groups is 2. The number of amides is 2. The van der Waals surface area contributed by atoms with Crippen LogP contribution in [0.25, 0.3) is 16.5 Å². The average Bonchev–Trinajstić information content (AvgIpc) is 2.84. The van der Waals surface area contributed by atoms with E-state index in [9.17, 15) is 9.59 Å². The molecule has 2 aromatic carbocycles. The van der Waals surface area contributed by atoms with Crippen LogP contribution in [0.15, 0.2) is 67.4 Å². The van der Waals surface area contributed by atoms with E-state index in [1.807, 2.05) is 24.3 Å². The zero-order valence-electron chi connectivity index (χ0n) is 17.7. The van der Waals surface area contributed by atoms with Crippen molar-refractivity contribution in [3.05, 3.63) is 73.0 Å². The van der Waals surface area contributed by atoms with E-state index >= 15 is 0 Å². The van der Waals surface area contributed by atoms with Crippen LogP contribution < -0.4 is 14.8 Å². The highest BCUT2D eigenvalue weighted by Crippen LogP contribution is 2.37. The number of rotatable bonds is 7. The number of nitrogens with zero attached hydrogens (tertiary/aromatic N) is 2. The number of carbonyl (C=O) groups excluding carboxylic acids is 2. The van der Waals surface area contributed by atoms with E-state index in [0.717, 1.165) is 27.8 Å². The second-order valence-corrected chi connectivity index (χ2v) is 7.24. The van der Waals surface area contributed by atoms with E-state index in [1.54, 1.807) is 42.5 Å². The van der Waals surface area contributed by atoms with Gasteiger partial charge in [-0.1, -0.05) is 12.7 Å². The third-order valence-corrected chi connectivity index (χ3v) is 5.37. The molecule has 0 unspecified atom stereocenters. The van der Waals surface area contributed by atoms with Crippen LogP contribution in [0.3, 0.4) is 0 Å². The summed E-state index contributed by atoms with van der Waals surface area (Å²) >= 11 is 0. The highest BCUT2D eigenvalue weighted by Gasteiger charge is 2.19. The van der Waals surface area contributed by atoms with Crippen molar-refractivity contribution in [3.63, 3.8) is 0 Å². The minimum absolute atomic E-state index is 0.0694. The third-order valence-electron chi connectivity index (χ3n) is 5.37. The smallest absolute Gasteiger partial charge is 0.246 e. The lowest BCUT2D eigenvalue weighted by Crippen LogP contribution is -2.33. The number of benzene rings is 2. The van der Waals surface area contributed by atoms with Crippen molar-refractivity contribution in [2.24, 2.45) is 0 Å². The molecule has 7 nitrogen and oxygen atoms in total. The van der Waals surface area contributed by atoms with Crippen LogP contribution in [0.5, 0.6) is 17.2 Å².